The number of thiazole rings is 1. The minimum atomic E-state index is -1.26. The van der Waals surface area contributed by atoms with Crippen molar-refractivity contribution in [2.45, 2.75) is 19.5 Å². The second kappa shape index (κ2) is 2.58. The van der Waals surface area contributed by atoms with Gasteiger partial charge in [0.2, 0.25) is 0 Å². The Hall–Kier alpha value is 0.0400. The molecule has 0 saturated carbocycles. The summed E-state index contributed by atoms with van der Waals surface area (Å²) in [6, 6.07) is 0. The quantitative estimate of drug-likeness (QED) is 0.714. The normalized spacial score (nSPS) is 12.0. The van der Waals surface area contributed by atoms with E-state index in [0.717, 1.165) is 3.92 Å². The van der Waals surface area contributed by atoms with Crippen LogP contribution in [0.1, 0.15) is 18.7 Å². The van der Waals surface area contributed by atoms with Gasteiger partial charge in [-0.25, -0.2) is 9.37 Å². The third-order valence-corrected chi connectivity index (χ3v) is 2.84. The van der Waals surface area contributed by atoms with Gasteiger partial charge in [-0.2, -0.15) is 0 Å². The van der Waals surface area contributed by atoms with Crippen LogP contribution < -0.4 is 0 Å². The molecular weight excluding hydrogens is 217 g/mol. The molecule has 0 amide bonds. The summed E-state index contributed by atoms with van der Waals surface area (Å²) in [6.07, 6.45) is 1.55. The fourth-order valence-electron chi connectivity index (χ4n) is 0.528. The third-order valence-electron chi connectivity index (χ3n) is 1.06. The van der Waals surface area contributed by atoms with E-state index in [1.807, 2.05) is 0 Å². The Morgan fingerprint density at radius 1 is 1.70 bits per heavy atom. The highest BCUT2D eigenvalue weighted by atomic mass is 79.9. The maximum atomic E-state index is 13.1. The smallest absolute Gasteiger partial charge is 0.159 e. The molecule has 0 N–H and O–H groups in total. The van der Waals surface area contributed by atoms with Crippen molar-refractivity contribution in [3.63, 3.8) is 0 Å². The molecule has 0 saturated heterocycles. The van der Waals surface area contributed by atoms with Crippen molar-refractivity contribution in [2.75, 3.05) is 0 Å². The lowest BCUT2D eigenvalue weighted by Crippen LogP contribution is -2.05. The van der Waals surface area contributed by atoms with E-state index in [1.54, 1.807) is 6.20 Å². The monoisotopic (exact) mass is 223 g/mol. The molecule has 56 valence electrons. The van der Waals surface area contributed by atoms with Gasteiger partial charge in [0.15, 0.2) is 3.92 Å². The molecular formula is C6H7BrFNS. The van der Waals surface area contributed by atoms with Crippen LogP contribution in [0.5, 0.6) is 0 Å². The molecule has 1 nitrogen and oxygen atoms in total. The van der Waals surface area contributed by atoms with E-state index in [0.29, 0.717) is 4.88 Å². The van der Waals surface area contributed by atoms with E-state index in [2.05, 4.69) is 20.9 Å². The average Bonchev–Trinajstić information content (AvgIpc) is 2.11. The Balaban J connectivity index is 2.96. The second-order valence-corrected chi connectivity index (χ2v) is 4.76. The van der Waals surface area contributed by atoms with E-state index in [1.165, 1.54) is 25.2 Å². The molecule has 1 rings (SSSR count). The Kier molecular flexibility index (Phi) is 2.10. The van der Waals surface area contributed by atoms with Crippen LogP contribution in [0.15, 0.2) is 10.1 Å². The zero-order valence-electron chi connectivity index (χ0n) is 5.69. The molecule has 0 fully saturated rings. The molecule has 0 aliphatic rings. The molecule has 0 bridgehead atoms. The molecule has 1 aromatic rings. The fourth-order valence-corrected chi connectivity index (χ4v) is 1.79. The van der Waals surface area contributed by atoms with E-state index < -0.39 is 5.67 Å². The first-order chi connectivity index (χ1) is 4.50. The summed E-state index contributed by atoms with van der Waals surface area (Å²) in [5.41, 5.74) is -1.26. The van der Waals surface area contributed by atoms with Crippen LogP contribution in [-0.2, 0) is 5.67 Å². The molecule has 0 spiro atoms. The minimum absolute atomic E-state index is 0.652. The highest BCUT2D eigenvalue weighted by Crippen LogP contribution is 2.31. The van der Waals surface area contributed by atoms with Crippen LogP contribution in [0, 0.1) is 0 Å². The number of hydrogen-bond donors (Lipinski definition) is 0. The summed E-state index contributed by atoms with van der Waals surface area (Å²) in [6.45, 7) is 3.04. The predicted molar refractivity (Wildman–Crippen MR) is 43.9 cm³/mol. The Bertz CT molecular complexity index is 228. The summed E-state index contributed by atoms with van der Waals surface area (Å²) < 4.78 is 13.8. The first kappa shape index (κ1) is 8.14. The lowest BCUT2D eigenvalue weighted by Gasteiger charge is -2.08. The van der Waals surface area contributed by atoms with E-state index in [-0.39, 0.29) is 0 Å². The van der Waals surface area contributed by atoms with Crippen molar-refractivity contribution in [3.8, 4) is 0 Å². The molecule has 10 heavy (non-hydrogen) atoms. The topological polar surface area (TPSA) is 12.9 Å². The molecule has 1 heterocycles. The van der Waals surface area contributed by atoms with E-state index in [9.17, 15) is 4.39 Å². The molecule has 0 aliphatic carbocycles. The zero-order chi connectivity index (χ0) is 7.78. The Morgan fingerprint density at radius 2 is 2.30 bits per heavy atom. The maximum Gasteiger partial charge on any atom is 0.159 e. The highest BCUT2D eigenvalue weighted by molar-refractivity contribution is 9.11. The van der Waals surface area contributed by atoms with Gasteiger partial charge in [-0.1, -0.05) is 0 Å². The van der Waals surface area contributed by atoms with Crippen LogP contribution in [0.3, 0.4) is 0 Å². The standard InChI is InChI=1S/C6H7BrFNS/c1-6(2,8)4-3-9-5(7)10-4/h3H,1-2H3. The number of hydrogen-bond acceptors (Lipinski definition) is 2. The SMILES string of the molecule is CC(C)(F)c1cnc(Br)s1. The predicted octanol–water partition coefficient (Wildman–Crippen LogP) is 3.11. The number of nitrogens with zero attached hydrogens (tertiary/aromatic N) is 1. The second-order valence-electron chi connectivity index (χ2n) is 2.45. The summed E-state index contributed by atoms with van der Waals surface area (Å²) >= 11 is 4.49. The number of halogens is 2. The van der Waals surface area contributed by atoms with Crippen molar-refractivity contribution >= 4 is 27.3 Å². The van der Waals surface area contributed by atoms with E-state index in [4.69, 9.17) is 0 Å². The molecule has 0 aliphatic heterocycles. The van der Waals surface area contributed by atoms with Crippen LogP contribution >= 0.6 is 27.3 Å². The largest absolute Gasteiger partial charge is 0.238 e. The summed E-state index contributed by atoms with van der Waals surface area (Å²) in [5.74, 6) is 0. The Labute approximate surface area is 71.4 Å². The minimum Gasteiger partial charge on any atom is -0.238 e. The Morgan fingerprint density at radius 3 is 2.50 bits per heavy atom. The van der Waals surface area contributed by atoms with Crippen LogP contribution in [-0.4, -0.2) is 4.98 Å². The van der Waals surface area contributed by atoms with Gasteiger partial charge in [-0.05, 0) is 29.8 Å². The average molecular weight is 224 g/mol. The van der Waals surface area contributed by atoms with Crippen molar-refractivity contribution in [3.05, 3.63) is 15.0 Å². The molecule has 4 heteroatoms. The van der Waals surface area contributed by atoms with Crippen molar-refractivity contribution in [1.82, 2.24) is 4.98 Å². The lowest BCUT2D eigenvalue weighted by molar-refractivity contribution is 0.226. The van der Waals surface area contributed by atoms with Gasteiger partial charge in [0, 0.05) is 6.20 Å². The van der Waals surface area contributed by atoms with Crippen LogP contribution in [0.25, 0.3) is 0 Å². The summed E-state index contributed by atoms with van der Waals surface area (Å²) in [4.78, 5) is 4.53. The first-order valence-electron chi connectivity index (χ1n) is 2.81. The molecule has 0 atom stereocenters. The molecule has 0 radical (unpaired) electrons. The maximum absolute atomic E-state index is 13.1. The number of rotatable bonds is 1. The van der Waals surface area contributed by atoms with Gasteiger partial charge in [-0.3, -0.25) is 0 Å². The van der Waals surface area contributed by atoms with Gasteiger partial charge in [0.05, 0.1) is 4.88 Å². The van der Waals surface area contributed by atoms with Gasteiger partial charge in [-0.15, -0.1) is 11.3 Å². The zero-order valence-corrected chi connectivity index (χ0v) is 8.09. The van der Waals surface area contributed by atoms with Crippen LogP contribution in [0.2, 0.25) is 0 Å². The van der Waals surface area contributed by atoms with Gasteiger partial charge in [0.1, 0.15) is 5.67 Å². The van der Waals surface area contributed by atoms with Gasteiger partial charge in [0.25, 0.3) is 0 Å². The van der Waals surface area contributed by atoms with Crippen LogP contribution in [0.4, 0.5) is 4.39 Å². The van der Waals surface area contributed by atoms with E-state index >= 15 is 0 Å². The number of alkyl halides is 1. The number of aromatic nitrogens is 1. The fraction of sp³-hybridized carbons (Fsp3) is 0.500. The van der Waals surface area contributed by atoms with Gasteiger partial charge < -0.3 is 0 Å². The summed E-state index contributed by atoms with van der Waals surface area (Å²) in [5, 5.41) is 0. The van der Waals surface area contributed by atoms with Crippen molar-refractivity contribution in [1.29, 1.82) is 0 Å². The highest BCUT2D eigenvalue weighted by Gasteiger charge is 2.21. The third kappa shape index (κ3) is 1.76. The van der Waals surface area contributed by atoms with Gasteiger partial charge >= 0.3 is 0 Å². The summed E-state index contributed by atoms with van der Waals surface area (Å²) in [7, 11) is 0. The van der Waals surface area contributed by atoms with Crippen molar-refractivity contribution in [2.24, 2.45) is 0 Å². The molecule has 0 unspecified atom stereocenters. The lowest BCUT2D eigenvalue weighted by atomic mass is 10.1. The first-order valence-corrected chi connectivity index (χ1v) is 4.42. The van der Waals surface area contributed by atoms with Crippen molar-refractivity contribution < 1.29 is 4.39 Å². The molecule has 0 aromatic carbocycles. The molecule has 1 aromatic heterocycles.